The highest BCUT2D eigenvalue weighted by molar-refractivity contribution is 7.09. The van der Waals surface area contributed by atoms with Crippen LogP contribution in [0.3, 0.4) is 0 Å². The summed E-state index contributed by atoms with van der Waals surface area (Å²) in [5.74, 6) is 0.569. The van der Waals surface area contributed by atoms with Crippen molar-refractivity contribution in [2.75, 3.05) is 6.61 Å². The Balaban J connectivity index is 2.19. The van der Waals surface area contributed by atoms with Crippen molar-refractivity contribution in [3.63, 3.8) is 0 Å². The molecule has 1 aliphatic heterocycles. The lowest BCUT2D eigenvalue weighted by atomic mass is 10.0. The van der Waals surface area contributed by atoms with Crippen molar-refractivity contribution in [2.24, 2.45) is 0 Å². The highest BCUT2D eigenvalue weighted by atomic mass is 32.1. The normalized spacial score (nSPS) is 28.2. The molecule has 1 saturated heterocycles. The van der Waals surface area contributed by atoms with Crippen molar-refractivity contribution < 1.29 is 4.74 Å². The number of aromatic nitrogens is 1. The van der Waals surface area contributed by atoms with E-state index in [9.17, 15) is 0 Å². The molecule has 1 aromatic rings. The highest BCUT2D eigenvalue weighted by Gasteiger charge is 2.34. The molecule has 0 saturated carbocycles. The first kappa shape index (κ1) is 11.1. The van der Waals surface area contributed by atoms with E-state index < -0.39 is 0 Å². The minimum absolute atomic E-state index is 0.101. The maximum atomic E-state index is 5.80. The summed E-state index contributed by atoms with van der Waals surface area (Å²) >= 11 is 1.75. The smallest absolute Gasteiger partial charge is 0.125 e. The van der Waals surface area contributed by atoms with Gasteiger partial charge in [0.25, 0.3) is 0 Å². The molecule has 1 aliphatic rings. The summed E-state index contributed by atoms with van der Waals surface area (Å²) in [7, 11) is 0. The first-order valence-electron chi connectivity index (χ1n) is 5.75. The third-order valence-electron chi connectivity index (χ3n) is 3.31. The Hall–Kier alpha value is -0.410. The SMILES string of the molecule is CCC(C)c1csc(C2(C)CCCO2)n1. The number of hydrogen-bond donors (Lipinski definition) is 0. The number of rotatable bonds is 3. The summed E-state index contributed by atoms with van der Waals surface area (Å²) in [4.78, 5) is 4.73. The summed E-state index contributed by atoms with van der Waals surface area (Å²) < 4.78 is 5.80. The zero-order valence-electron chi connectivity index (χ0n) is 9.75. The molecule has 0 bridgehead atoms. The molecule has 2 atom stereocenters. The predicted molar refractivity (Wildman–Crippen MR) is 63.4 cm³/mol. The van der Waals surface area contributed by atoms with Crippen molar-refractivity contribution in [2.45, 2.75) is 51.6 Å². The van der Waals surface area contributed by atoms with Crippen molar-refractivity contribution in [1.82, 2.24) is 4.98 Å². The largest absolute Gasteiger partial charge is 0.368 e. The monoisotopic (exact) mass is 225 g/mol. The van der Waals surface area contributed by atoms with Crippen LogP contribution in [0.15, 0.2) is 5.38 Å². The average molecular weight is 225 g/mol. The molecule has 1 aromatic heterocycles. The van der Waals surface area contributed by atoms with Crippen LogP contribution in [0, 0.1) is 0 Å². The van der Waals surface area contributed by atoms with Gasteiger partial charge in [0.05, 0.1) is 5.69 Å². The standard InChI is InChI=1S/C12H19NOS/c1-4-9(2)10-8-15-11(13-10)12(3)6-5-7-14-12/h8-9H,4-7H2,1-3H3. The number of thiazole rings is 1. The van der Waals surface area contributed by atoms with Crippen molar-refractivity contribution >= 4 is 11.3 Å². The van der Waals surface area contributed by atoms with Crippen molar-refractivity contribution in [3.05, 3.63) is 16.1 Å². The molecule has 2 unspecified atom stereocenters. The molecule has 1 fully saturated rings. The Morgan fingerprint density at radius 3 is 3.07 bits per heavy atom. The van der Waals surface area contributed by atoms with Gasteiger partial charge in [0, 0.05) is 12.0 Å². The van der Waals surface area contributed by atoms with Gasteiger partial charge in [-0.2, -0.15) is 0 Å². The Bertz CT molecular complexity index is 328. The van der Waals surface area contributed by atoms with Crippen LogP contribution in [0.25, 0.3) is 0 Å². The summed E-state index contributed by atoms with van der Waals surface area (Å²) in [6.45, 7) is 7.49. The van der Waals surface area contributed by atoms with Gasteiger partial charge < -0.3 is 4.74 Å². The van der Waals surface area contributed by atoms with E-state index in [1.54, 1.807) is 11.3 Å². The molecule has 2 rings (SSSR count). The molecule has 84 valence electrons. The fourth-order valence-corrected chi connectivity index (χ4v) is 3.00. The van der Waals surface area contributed by atoms with Gasteiger partial charge >= 0.3 is 0 Å². The number of ether oxygens (including phenoxy) is 1. The van der Waals surface area contributed by atoms with E-state index in [2.05, 4.69) is 26.2 Å². The van der Waals surface area contributed by atoms with Gasteiger partial charge in [-0.15, -0.1) is 11.3 Å². The summed E-state index contributed by atoms with van der Waals surface area (Å²) in [6.07, 6.45) is 3.43. The lowest BCUT2D eigenvalue weighted by molar-refractivity contribution is 0.0165. The Morgan fingerprint density at radius 1 is 1.67 bits per heavy atom. The van der Waals surface area contributed by atoms with Crippen LogP contribution in [0.5, 0.6) is 0 Å². The summed E-state index contributed by atoms with van der Waals surface area (Å²) in [5.41, 5.74) is 1.13. The number of nitrogens with zero attached hydrogens (tertiary/aromatic N) is 1. The first-order valence-corrected chi connectivity index (χ1v) is 6.63. The Morgan fingerprint density at radius 2 is 2.47 bits per heavy atom. The van der Waals surface area contributed by atoms with E-state index in [0.717, 1.165) is 30.9 Å². The Kier molecular flexibility index (Phi) is 3.12. The molecule has 0 radical (unpaired) electrons. The van der Waals surface area contributed by atoms with Gasteiger partial charge in [0.1, 0.15) is 10.6 Å². The van der Waals surface area contributed by atoms with Crippen LogP contribution in [-0.2, 0) is 10.3 Å². The first-order chi connectivity index (χ1) is 7.15. The van der Waals surface area contributed by atoms with Gasteiger partial charge in [-0.1, -0.05) is 13.8 Å². The van der Waals surface area contributed by atoms with E-state index in [1.165, 1.54) is 5.69 Å². The minimum Gasteiger partial charge on any atom is -0.368 e. The third-order valence-corrected chi connectivity index (χ3v) is 4.42. The van der Waals surface area contributed by atoms with Crippen LogP contribution in [0.4, 0.5) is 0 Å². The predicted octanol–water partition coefficient (Wildman–Crippen LogP) is 3.68. The van der Waals surface area contributed by atoms with Crippen molar-refractivity contribution in [1.29, 1.82) is 0 Å². The zero-order chi connectivity index (χ0) is 10.9. The lowest BCUT2D eigenvalue weighted by Gasteiger charge is -2.19. The molecule has 2 nitrogen and oxygen atoms in total. The van der Waals surface area contributed by atoms with E-state index >= 15 is 0 Å². The van der Waals surface area contributed by atoms with Gasteiger partial charge in [-0.25, -0.2) is 4.98 Å². The summed E-state index contributed by atoms with van der Waals surface area (Å²) in [6, 6.07) is 0. The second kappa shape index (κ2) is 4.22. The third kappa shape index (κ3) is 2.08. The molecule has 0 spiro atoms. The molecule has 0 aromatic carbocycles. The molecule has 15 heavy (non-hydrogen) atoms. The fraction of sp³-hybridized carbons (Fsp3) is 0.750. The highest BCUT2D eigenvalue weighted by Crippen LogP contribution is 2.38. The average Bonchev–Trinajstić information content (AvgIpc) is 2.85. The van der Waals surface area contributed by atoms with Crippen LogP contribution in [-0.4, -0.2) is 11.6 Å². The van der Waals surface area contributed by atoms with E-state index in [-0.39, 0.29) is 5.60 Å². The van der Waals surface area contributed by atoms with E-state index in [4.69, 9.17) is 9.72 Å². The molecular weight excluding hydrogens is 206 g/mol. The van der Waals surface area contributed by atoms with Gasteiger partial charge in [-0.3, -0.25) is 0 Å². The molecular formula is C12H19NOS. The lowest BCUT2D eigenvalue weighted by Crippen LogP contribution is -2.19. The fourth-order valence-electron chi connectivity index (χ4n) is 1.91. The van der Waals surface area contributed by atoms with Gasteiger partial charge in [0.2, 0.25) is 0 Å². The van der Waals surface area contributed by atoms with Crippen LogP contribution >= 0.6 is 11.3 Å². The van der Waals surface area contributed by atoms with Crippen LogP contribution < -0.4 is 0 Å². The maximum Gasteiger partial charge on any atom is 0.125 e. The molecule has 0 aliphatic carbocycles. The van der Waals surface area contributed by atoms with E-state index in [1.807, 2.05) is 0 Å². The summed E-state index contributed by atoms with van der Waals surface area (Å²) in [5, 5.41) is 3.35. The minimum atomic E-state index is -0.101. The number of hydrogen-bond acceptors (Lipinski definition) is 3. The Labute approximate surface area is 95.7 Å². The zero-order valence-corrected chi connectivity index (χ0v) is 10.6. The molecule has 3 heteroatoms. The molecule has 0 amide bonds. The molecule has 0 N–H and O–H groups in total. The van der Waals surface area contributed by atoms with Crippen LogP contribution in [0.2, 0.25) is 0 Å². The second-order valence-electron chi connectivity index (χ2n) is 4.57. The van der Waals surface area contributed by atoms with Crippen molar-refractivity contribution in [3.8, 4) is 0 Å². The van der Waals surface area contributed by atoms with Gasteiger partial charge in [-0.05, 0) is 32.1 Å². The van der Waals surface area contributed by atoms with Crippen LogP contribution in [0.1, 0.15) is 56.7 Å². The second-order valence-corrected chi connectivity index (χ2v) is 5.43. The quantitative estimate of drug-likeness (QED) is 0.783. The topological polar surface area (TPSA) is 22.1 Å². The maximum absolute atomic E-state index is 5.80. The van der Waals surface area contributed by atoms with Gasteiger partial charge in [0.15, 0.2) is 0 Å². The van der Waals surface area contributed by atoms with E-state index in [0.29, 0.717) is 5.92 Å². The molecule has 2 heterocycles.